The van der Waals surface area contributed by atoms with Gasteiger partial charge in [-0.05, 0) is 61.8 Å². The zero-order valence-electron chi connectivity index (χ0n) is 13.7. The number of ether oxygens (including phenoxy) is 1. The summed E-state index contributed by atoms with van der Waals surface area (Å²) in [6.07, 6.45) is 6.30. The first-order valence-electron chi connectivity index (χ1n) is 7.87. The number of hydrogen-bond acceptors (Lipinski definition) is 3. The summed E-state index contributed by atoms with van der Waals surface area (Å²) < 4.78 is 4.76. The Hall–Kier alpha value is -1.51. The maximum absolute atomic E-state index is 11.5. The van der Waals surface area contributed by atoms with Gasteiger partial charge in [-0.15, -0.1) is 0 Å². The summed E-state index contributed by atoms with van der Waals surface area (Å²) in [5, 5.41) is 3.66. The second-order valence-electron chi connectivity index (χ2n) is 6.96. The molecule has 3 heteroatoms. The Bertz CT molecular complexity index is 508. The van der Waals surface area contributed by atoms with Gasteiger partial charge < -0.3 is 10.1 Å². The van der Waals surface area contributed by atoms with Crippen LogP contribution in [0.3, 0.4) is 0 Å². The molecule has 0 aromatic heterocycles. The van der Waals surface area contributed by atoms with Gasteiger partial charge in [0.25, 0.3) is 0 Å². The number of rotatable bonds is 3. The van der Waals surface area contributed by atoms with E-state index in [1.54, 1.807) is 0 Å². The van der Waals surface area contributed by atoms with E-state index in [4.69, 9.17) is 4.74 Å². The summed E-state index contributed by atoms with van der Waals surface area (Å²) in [4.78, 5) is 11.5. The average Bonchev–Trinajstić information content (AvgIpc) is 2.61. The van der Waals surface area contributed by atoms with Crippen molar-refractivity contribution in [2.75, 3.05) is 12.4 Å². The molecule has 1 aromatic rings. The van der Waals surface area contributed by atoms with Crippen molar-refractivity contribution in [3.05, 3.63) is 29.3 Å². The molecule has 0 heterocycles. The molecule has 1 N–H and O–H groups in total. The Morgan fingerprint density at radius 3 is 2.71 bits per heavy atom. The lowest BCUT2D eigenvalue weighted by atomic mass is 9.85. The van der Waals surface area contributed by atoms with Gasteiger partial charge in [-0.1, -0.05) is 20.3 Å². The summed E-state index contributed by atoms with van der Waals surface area (Å²) in [6, 6.07) is 6.27. The van der Waals surface area contributed by atoms with Crippen LogP contribution in [-0.2, 0) is 4.74 Å². The second-order valence-corrected chi connectivity index (χ2v) is 6.96. The third-order valence-corrected chi connectivity index (χ3v) is 4.58. The normalized spacial score (nSPS) is 21.4. The van der Waals surface area contributed by atoms with Crippen molar-refractivity contribution in [3.63, 3.8) is 0 Å². The lowest BCUT2D eigenvalue weighted by Gasteiger charge is -2.23. The van der Waals surface area contributed by atoms with Crippen molar-refractivity contribution in [1.82, 2.24) is 0 Å². The van der Waals surface area contributed by atoms with Crippen molar-refractivity contribution in [3.8, 4) is 0 Å². The lowest BCUT2D eigenvalue weighted by Crippen LogP contribution is -2.20. The quantitative estimate of drug-likeness (QED) is 0.655. The largest absolute Gasteiger partial charge is 0.465 e. The van der Waals surface area contributed by atoms with Crippen LogP contribution in [0.5, 0.6) is 0 Å². The predicted molar refractivity (Wildman–Crippen MR) is 86.8 cm³/mol. The number of benzene rings is 1. The van der Waals surface area contributed by atoms with E-state index in [0.717, 1.165) is 11.3 Å². The molecule has 3 nitrogen and oxygen atoms in total. The highest BCUT2D eigenvalue weighted by Crippen LogP contribution is 2.35. The molecule has 116 valence electrons. The third-order valence-electron chi connectivity index (χ3n) is 4.58. The van der Waals surface area contributed by atoms with E-state index in [9.17, 15) is 4.79 Å². The zero-order chi connectivity index (χ0) is 15.5. The highest BCUT2D eigenvalue weighted by atomic mass is 16.5. The minimum Gasteiger partial charge on any atom is -0.465 e. The third kappa shape index (κ3) is 4.23. The number of hydrogen-bond donors (Lipinski definition) is 1. The monoisotopic (exact) mass is 289 g/mol. The van der Waals surface area contributed by atoms with Gasteiger partial charge in [0.1, 0.15) is 0 Å². The van der Waals surface area contributed by atoms with Gasteiger partial charge in [0.05, 0.1) is 12.7 Å². The predicted octanol–water partition coefficient (Wildman–Crippen LogP) is 4.55. The smallest absolute Gasteiger partial charge is 0.337 e. The highest BCUT2D eigenvalue weighted by molar-refractivity contribution is 5.90. The Morgan fingerprint density at radius 2 is 2.05 bits per heavy atom. The highest BCUT2D eigenvalue weighted by Gasteiger charge is 2.24. The van der Waals surface area contributed by atoms with Crippen LogP contribution in [-0.4, -0.2) is 19.1 Å². The van der Waals surface area contributed by atoms with Crippen molar-refractivity contribution >= 4 is 11.7 Å². The topological polar surface area (TPSA) is 38.3 Å². The number of aryl methyl sites for hydroxylation is 1. The Balaban J connectivity index is 2.04. The first-order valence-corrected chi connectivity index (χ1v) is 7.87. The van der Waals surface area contributed by atoms with Crippen LogP contribution in [0.4, 0.5) is 5.69 Å². The molecule has 1 aliphatic rings. The summed E-state index contributed by atoms with van der Waals surface area (Å²) >= 11 is 0. The summed E-state index contributed by atoms with van der Waals surface area (Å²) in [5.41, 5.74) is 3.32. The molecule has 1 unspecified atom stereocenters. The van der Waals surface area contributed by atoms with Crippen molar-refractivity contribution < 1.29 is 9.53 Å². The van der Waals surface area contributed by atoms with Gasteiger partial charge in [0.15, 0.2) is 0 Å². The molecule has 21 heavy (non-hydrogen) atoms. The molecule has 2 rings (SSSR count). The summed E-state index contributed by atoms with van der Waals surface area (Å²) in [5.74, 6) is -0.277. The molecule has 1 atom stereocenters. The number of carbonyl (C=O) groups excluding carboxylic acids is 1. The van der Waals surface area contributed by atoms with E-state index in [1.807, 2.05) is 25.1 Å². The maximum atomic E-state index is 11.5. The van der Waals surface area contributed by atoms with E-state index >= 15 is 0 Å². The summed E-state index contributed by atoms with van der Waals surface area (Å²) in [6.45, 7) is 6.77. The number of nitrogens with one attached hydrogen (secondary N) is 1. The minimum atomic E-state index is -0.277. The van der Waals surface area contributed by atoms with Crippen molar-refractivity contribution in [2.24, 2.45) is 5.41 Å². The molecule has 0 radical (unpaired) electrons. The van der Waals surface area contributed by atoms with Gasteiger partial charge in [0.2, 0.25) is 0 Å². The number of esters is 1. The fourth-order valence-corrected chi connectivity index (χ4v) is 3.10. The Kier molecular flexibility index (Phi) is 4.92. The van der Waals surface area contributed by atoms with Crippen molar-refractivity contribution in [2.45, 2.75) is 58.9 Å². The SMILES string of the molecule is COC(=O)c1ccc(NC2CCCC(C)(C)CC2)c(C)c1. The van der Waals surface area contributed by atoms with Gasteiger partial charge in [-0.25, -0.2) is 4.79 Å². The molecule has 1 fully saturated rings. The standard InChI is InChI=1S/C18H27NO2/c1-13-12-14(17(20)21-4)7-8-16(13)19-15-6-5-10-18(2,3)11-9-15/h7-8,12,15,19H,5-6,9-11H2,1-4H3. The molecule has 0 spiro atoms. The van der Waals surface area contributed by atoms with Crippen LogP contribution in [0, 0.1) is 12.3 Å². The molecule has 1 saturated carbocycles. The number of carbonyl (C=O) groups is 1. The molecule has 0 amide bonds. The van der Waals surface area contributed by atoms with E-state index < -0.39 is 0 Å². The second kappa shape index (κ2) is 6.50. The molecule has 0 aliphatic heterocycles. The lowest BCUT2D eigenvalue weighted by molar-refractivity contribution is 0.0600. The molecule has 0 bridgehead atoms. The minimum absolute atomic E-state index is 0.277. The van der Waals surface area contributed by atoms with Gasteiger partial charge in [-0.3, -0.25) is 0 Å². The van der Waals surface area contributed by atoms with E-state index in [1.165, 1.54) is 39.2 Å². The van der Waals surface area contributed by atoms with E-state index in [2.05, 4.69) is 19.2 Å². The fraction of sp³-hybridized carbons (Fsp3) is 0.611. The molecular weight excluding hydrogens is 262 g/mol. The van der Waals surface area contributed by atoms with Crippen LogP contribution < -0.4 is 5.32 Å². The average molecular weight is 289 g/mol. The van der Waals surface area contributed by atoms with Gasteiger partial charge in [0, 0.05) is 11.7 Å². The van der Waals surface area contributed by atoms with E-state index in [-0.39, 0.29) is 5.97 Å². The van der Waals surface area contributed by atoms with E-state index in [0.29, 0.717) is 17.0 Å². The maximum Gasteiger partial charge on any atom is 0.337 e. The van der Waals surface area contributed by atoms with Crippen LogP contribution in [0.15, 0.2) is 18.2 Å². The van der Waals surface area contributed by atoms with Crippen molar-refractivity contribution in [1.29, 1.82) is 0 Å². The van der Waals surface area contributed by atoms with Crippen LogP contribution >= 0.6 is 0 Å². The zero-order valence-corrected chi connectivity index (χ0v) is 13.7. The first-order chi connectivity index (χ1) is 9.91. The molecule has 0 saturated heterocycles. The summed E-state index contributed by atoms with van der Waals surface area (Å²) in [7, 11) is 1.41. The van der Waals surface area contributed by atoms with Crippen LogP contribution in [0.1, 0.15) is 61.9 Å². The van der Waals surface area contributed by atoms with Gasteiger partial charge >= 0.3 is 5.97 Å². The molecule has 1 aromatic carbocycles. The Morgan fingerprint density at radius 1 is 1.29 bits per heavy atom. The van der Waals surface area contributed by atoms with Gasteiger partial charge in [-0.2, -0.15) is 0 Å². The fourth-order valence-electron chi connectivity index (χ4n) is 3.10. The van der Waals surface area contributed by atoms with Crippen LogP contribution in [0.25, 0.3) is 0 Å². The van der Waals surface area contributed by atoms with Crippen LogP contribution in [0.2, 0.25) is 0 Å². The molecule has 1 aliphatic carbocycles. The number of anilines is 1. The number of methoxy groups -OCH3 is 1. The first kappa shape index (κ1) is 15.9. The molecular formula is C18H27NO2. The Labute approximate surface area is 128 Å².